The van der Waals surface area contributed by atoms with Gasteiger partial charge in [-0.05, 0) is 49.6 Å². The molecule has 3 heterocycles. The first kappa shape index (κ1) is 17.6. The second kappa shape index (κ2) is 6.87. The number of anilines is 1. The fourth-order valence-electron chi connectivity index (χ4n) is 4.18. The minimum Gasteiger partial charge on any atom is -0.426 e. The van der Waals surface area contributed by atoms with E-state index in [0.29, 0.717) is 18.2 Å². The molecule has 2 atom stereocenters. The first-order valence-electron chi connectivity index (χ1n) is 9.77. The number of ether oxygens (including phenoxy) is 1. The van der Waals surface area contributed by atoms with E-state index in [-0.39, 0.29) is 11.9 Å². The third-order valence-electron chi connectivity index (χ3n) is 5.63. The first-order chi connectivity index (χ1) is 13.6. The molecule has 144 valence electrons. The Labute approximate surface area is 168 Å². The summed E-state index contributed by atoms with van der Waals surface area (Å²) in [5, 5.41) is 4.50. The molecule has 1 fully saturated rings. The number of nitrogens with zero attached hydrogens (tertiary/aromatic N) is 2. The number of carbonyl (C=O) groups excluding carboxylic acids is 1. The lowest BCUT2D eigenvalue weighted by atomic mass is 9.89. The highest BCUT2D eigenvalue weighted by atomic mass is 32.1. The Morgan fingerprint density at radius 1 is 1.25 bits per heavy atom. The largest absolute Gasteiger partial charge is 0.426 e. The van der Waals surface area contributed by atoms with Gasteiger partial charge in [-0.25, -0.2) is 4.98 Å². The van der Waals surface area contributed by atoms with Crippen LogP contribution in [0.25, 0.3) is 10.2 Å². The number of aromatic nitrogens is 1. The van der Waals surface area contributed by atoms with Crippen LogP contribution in [0.15, 0.2) is 36.4 Å². The van der Waals surface area contributed by atoms with E-state index >= 15 is 0 Å². The third-order valence-corrected chi connectivity index (χ3v) is 6.56. The molecule has 28 heavy (non-hydrogen) atoms. The molecule has 1 saturated heterocycles. The molecule has 1 aromatic heterocycles. The molecule has 5 rings (SSSR count). The number of fused-ring (bicyclic) bond motifs is 2. The van der Waals surface area contributed by atoms with E-state index < -0.39 is 0 Å². The van der Waals surface area contributed by atoms with Gasteiger partial charge >= 0.3 is 5.97 Å². The number of nitrogens with one attached hydrogen (secondary N) is 1. The van der Waals surface area contributed by atoms with Crippen LogP contribution in [0, 0.1) is 6.92 Å². The van der Waals surface area contributed by atoms with E-state index in [4.69, 9.17) is 4.74 Å². The molecule has 6 heteroatoms. The third kappa shape index (κ3) is 3.16. The summed E-state index contributed by atoms with van der Waals surface area (Å²) in [6.07, 6.45) is 0.676. The Bertz CT molecular complexity index is 1060. The van der Waals surface area contributed by atoms with Gasteiger partial charge in [0.2, 0.25) is 0 Å². The molecule has 0 saturated carbocycles. The van der Waals surface area contributed by atoms with Crippen LogP contribution in [-0.4, -0.2) is 36.6 Å². The molecule has 0 spiro atoms. The maximum absolute atomic E-state index is 12.8. The highest BCUT2D eigenvalue weighted by Crippen LogP contribution is 2.37. The molecule has 3 aromatic rings. The van der Waals surface area contributed by atoms with E-state index in [1.807, 2.05) is 25.1 Å². The molecular formula is C22H23N3O2S. The van der Waals surface area contributed by atoms with Crippen LogP contribution in [0.3, 0.4) is 0 Å². The Morgan fingerprint density at radius 2 is 2.14 bits per heavy atom. The smallest absolute Gasteiger partial charge is 0.319 e. The molecule has 2 aliphatic rings. The number of benzene rings is 2. The number of piperazine rings is 1. The van der Waals surface area contributed by atoms with Gasteiger partial charge in [-0.2, -0.15) is 0 Å². The molecule has 1 N–H and O–H groups in total. The van der Waals surface area contributed by atoms with Crippen molar-refractivity contribution < 1.29 is 9.53 Å². The van der Waals surface area contributed by atoms with Crippen LogP contribution in [0.5, 0.6) is 5.75 Å². The summed E-state index contributed by atoms with van der Waals surface area (Å²) < 4.78 is 6.90. The molecule has 2 aromatic carbocycles. The fourth-order valence-corrected chi connectivity index (χ4v) is 5.06. The minimum absolute atomic E-state index is 0.168. The zero-order chi connectivity index (χ0) is 19.3. The average molecular weight is 394 g/mol. The normalized spacial score (nSPS) is 22.2. The van der Waals surface area contributed by atoms with E-state index in [2.05, 4.69) is 40.3 Å². The lowest BCUT2D eigenvalue weighted by Gasteiger charge is -2.34. The molecule has 2 aliphatic heterocycles. The van der Waals surface area contributed by atoms with Crippen molar-refractivity contribution in [1.29, 1.82) is 0 Å². The Hall–Kier alpha value is -2.44. The molecular weight excluding hydrogens is 370 g/mol. The number of rotatable bonds is 2. The van der Waals surface area contributed by atoms with Crippen molar-refractivity contribution in [3.8, 4) is 5.75 Å². The number of hydrogen-bond acceptors (Lipinski definition) is 6. The summed E-state index contributed by atoms with van der Waals surface area (Å²) in [7, 11) is 0. The maximum atomic E-state index is 12.8. The van der Waals surface area contributed by atoms with Gasteiger partial charge in [0.1, 0.15) is 5.75 Å². The lowest BCUT2D eigenvalue weighted by molar-refractivity contribution is -0.137. The number of carbonyl (C=O) groups is 1. The van der Waals surface area contributed by atoms with Crippen molar-refractivity contribution in [2.75, 3.05) is 24.5 Å². The number of hydrogen-bond donors (Lipinski definition) is 1. The van der Waals surface area contributed by atoms with Crippen LogP contribution in [0.2, 0.25) is 0 Å². The average Bonchev–Trinajstić information content (AvgIpc) is 3.06. The quantitative estimate of drug-likeness (QED) is 0.532. The van der Waals surface area contributed by atoms with Crippen molar-refractivity contribution in [3.05, 3.63) is 52.5 Å². The first-order valence-corrected chi connectivity index (χ1v) is 10.6. The van der Waals surface area contributed by atoms with Crippen molar-refractivity contribution in [2.24, 2.45) is 0 Å². The summed E-state index contributed by atoms with van der Waals surface area (Å²) >= 11 is 1.66. The van der Waals surface area contributed by atoms with Gasteiger partial charge in [0, 0.05) is 37.4 Å². The molecule has 0 aliphatic carbocycles. The maximum Gasteiger partial charge on any atom is 0.319 e. The number of aryl methyl sites for hydroxylation is 1. The summed E-state index contributed by atoms with van der Waals surface area (Å²) in [5.74, 6) is 0.280. The topological polar surface area (TPSA) is 54.5 Å². The molecule has 0 bridgehead atoms. The molecule has 0 amide bonds. The fraction of sp³-hybridized carbons (Fsp3) is 0.364. The van der Waals surface area contributed by atoms with Gasteiger partial charge in [-0.3, -0.25) is 4.79 Å². The molecule has 5 nitrogen and oxygen atoms in total. The van der Waals surface area contributed by atoms with Crippen LogP contribution in [-0.2, 0) is 11.2 Å². The zero-order valence-corrected chi connectivity index (χ0v) is 16.9. The van der Waals surface area contributed by atoms with Crippen molar-refractivity contribution in [1.82, 2.24) is 10.3 Å². The van der Waals surface area contributed by atoms with Crippen LogP contribution >= 0.6 is 11.3 Å². The second-order valence-corrected chi connectivity index (χ2v) is 8.97. The van der Waals surface area contributed by atoms with Crippen molar-refractivity contribution in [2.45, 2.75) is 32.2 Å². The predicted octanol–water partition coefficient (Wildman–Crippen LogP) is 3.65. The summed E-state index contributed by atoms with van der Waals surface area (Å²) in [4.78, 5) is 19.6. The summed E-state index contributed by atoms with van der Waals surface area (Å²) in [6.45, 7) is 7.10. The summed E-state index contributed by atoms with van der Waals surface area (Å²) in [6, 6.07) is 12.9. The van der Waals surface area contributed by atoms with Crippen molar-refractivity contribution >= 4 is 33.2 Å². The van der Waals surface area contributed by atoms with Gasteiger partial charge in [-0.15, -0.1) is 11.3 Å². The van der Waals surface area contributed by atoms with E-state index in [1.54, 1.807) is 11.3 Å². The Kier molecular flexibility index (Phi) is 4.33. The van der Waals surface area contributed by atoms with Gasteiger partial charge in [0.05, 0.1) is 21.1 Å². The monoisotopic (exact) mass is 393 g/mol. The number of thiazole rings is 1. The minimum atomic E-state index is -0.260. The van der Waals surface area contributed by atoms with Gasteiger partial charge in [-0.1, -0.05) is 12.1 Å². The van der Waals surface area contributed by atoms with Gasteiger partial charge in [0.15, 0.2) is 0 Å². The Balaban J connectivity index is 1.42. The summed E-state index contributed by atoms with van der Waals surface area (Å²) in [5.41, 5.74) is 4.22. The lowest BCUT2D eigenvalue weighted by Crippen LogP contribution is -2.49. The standard InChI is InChI=1S/C22H23N3O2S/c1-13-12-25(8-7-23-13)17-5-3-16-9-18(22(26)27-20(16)11-17)15-4-6-19-21(10-15)28-14(2)24-19/h3-6,10-11,13,18,23H,7-9,12H2,1-2H3/t13-,18?/m0/s1. The van der Waals surface area contributed by atoms with E-state index in [1.165, 1.54) is 0 Å². The van der Waals surface area contributed by atoms with Crippen LogP contribution < -0.4 is 15.0 Å². The molecule has 1 unspecified atom stereocenters. The van der Waals surface area contributed by atoms with E-state index in [0.717, 1.165) is 51.7 Å². The second-order valence-electron chi connectivity index (χ2n) is 7.73. The molecule has 0 radical (unpaired) electrons. The zero-order valence-electron chi connectivity index (χ0n) is 16.1. The van der Waals surface area contributed by atoms with Gasteiger partial charge in [0.25, 0.3) is 0 Å². The highest BCUT2D eigenvalue weighted by Gasteiger charge is 2.31. The predicted molar refractivity (Wildman–Crippen MR) is 113 cm³/mol. The van der Waals surface area contributed by atoms with Crippen LogP contribution in [0.4, 0.5) is 5.69 Å². The van der Waals surface area contributed by atoms with Crippen molar-refractivity contribution in [3.63, 3.8) is 0 Å². The SMILES string of the molecule is Cc1nc2ccc(C3Cc4ccc(N5CCN[C@@H](C)C5)cc4OC3=O)cc2s1. The van der Waals surface area contributed by atoms with Gasteiger partial charge < -0.3 is 15.0 Å². The highest BCUT2D eigenvalue weighted by molar-refractivity contribution is 7.18. The number of esters is 1. The van der Waals surface area contributed by atoms with Crippen LogP contribution in [0.1, 0.15) is 29.0 Å². The Morgan fingerprint density at radius 3 is 3.00 bits per heavy atom. The van der Waals surface area contributed by atoms with E-state index in [9.17, 15) is 4.79 Å².